The van der Waals surface area contributed by atoms with Crippen LogP contribution in [0, 0.1) is 19.8 Å². The quantitative estimate of drug-likeness (QED) is 0.575. The van der Waals surface area contributed by atoms with Crippen LogP contribution in [0.3, 0.4) is 0 Å². The van der Waals surface area contributed by atoms with Gasteiger partial charge in [-0.2, -0.15) is 0 Å². The van der Waals surface area contributed by atoms with Gasteiger partial charge < -0.3 is 9.64 Å². The smallest absolute Gasteiger partial charge is 0.228 e. The van der Waals surface area contributed by atoms with Crippen molar-refractivity contribution in [1.82, 2.24) is 14.9 Å². The second kappa shape index (κ2) is 10.1. The van der Waals surface area contributed by atoms with Crippen molar-refractivity contribution in [3.63, 3.8) is 0 Å². The molecule has 2 aromatic rings. The third kappa shape index (κ3) is 5.41. The molecule has 0 N–H and O–H groups in total. The summed E-state index contributed by atoms with van der Waals surface area (Å²) >= 11 is 0. The second-order valence-electron chi connectivity index (χ2n) is 8.91. The van der Waals surface area contributed by atoms with E-state index in [9.17, 15) is 9.59 Å². The normalized spacial score (nSPS) is 17.2. The highest BCUT2D eigenvalue weighted by Crippen LogP contribution is 2.28. The van der Waals surface area contributed by atoms with E-state index in [0.29, 0.717) is 56.5 Å². The van der Waals surface area contributed by atoms with Gasteiger partial charge in [0.05, 0.1) is 13.1 Å². The summed E-state index contributed by atoms with van der Waals surface area (Å²) in [6.07, 6.45) is 7.95. The highest BCUT2D eigenvalue weighted by Gasteiger charge is 2.28. The summed E-state index contributed by atoms with van der Waals surface area (Å²) in [5.41, 5.74) is 2.93. The van der Waals surface area contributed by atoms with Crippen molar-refractivity contribution in [2.45, 2.75) is 52.5 Å². The fraction of sp³-hybridized carbons (Fsp3) is 0.462. The lowest BCUT2D eigenvalue weighted by Crippen LogP contribution is -2.40. The van der Waals surface area contributed by atoms with Gasteiger partial charge in [-0.05, 0) is 50.7 Å². The van der Waals surface area contributed by atoms with Crippen molar-refractivity contribution < 1.29 is 14.3 Å². The zero-order valence-electron chi connectivity index (χ0n) is 19.7. The number of para-hydroxylation sites is 1. The molecule has 1 aliphatic heterocycles. The van der Waals surface area contributed by atoms with Crippen molar-refractivity contribution in [2.75, 3.05) is 25.1 Å². The molecule has 1 aromatic heterocycles. The number of nitrogens with zero attached hydrogens (tertiary/aromatic N) is 4. The van der Waals surface area contributed by atoms with Crippen LogP contribution in [0.25, 0.3) is 0 Å². The van der Waals surface area contributed by atoms with Crippen molar-refractivity contribution in [1.29, 1.82) is 0 Å². The molecule has 174 valence electrons. The van der Waals surface area contributed by atoms with Crippen LogP contribution >= 0.6 is 0 Å². The maximum atomic E-state index is 12.8. The standard InChI is InChI=1S/C26H32N4O3/c1-18-8-4-7-11-22(18)33-15-14-30-24(31)13-12-21-19(2)27-23(28-26(21)30)17-29(3)25(32)16-20-9-5-6-10-20/h4-5,7-9,11,20H,6,10,12-17H2,1-3H3/t20-/m0/s1. The highest BCUT2D eigenvalue weighted by molar-refractivity contribution is 5.95. The lowest BCUT2D eigenvalue weighted by molar-refractivity contribution is -0.131. The van der Waals surface area contributed by atoms with Gasteiger partial charge in [-0.15, -0.1) is 0 Å². The van der Waals surface area contributed by atoms with Gasteiger partial charge in [0.25, 0.3) is 0 Å². The molecule has 1 aliphatic carbocycles. The lowest BCUT2D eigenvalue weighted by atomic mass is 10.0. The Morgan fingerprint density at radius 1 is 1.21 bits per heavy atom. The van der Waals surface area contributed by atoms with Gasteiger partial charge in [0.1, 0.15) is 24.0 Å². The number of benzene rings is 1. The van der Waals surface area contributed by atoms with Crippen LogP contribution in [0.5, 0.6) is 5.75 Å². The maximum Gasteiger partial charge on any atom is 0.228 e. The minimum absolute atomic E-state index is 0.0392. The Bertz CT molecular complexity index is 1070. The average molecular weight is 449 g/mol. The fourth-order valence-corrected chi connectivity index (χ4v) is 4.45. The molecule has 2 aliphatic rings. The predicted octanol–water partition coefficient (Wildman–Crippen LogP) is 3.77. The summed E-state index contributed by atoms with van der Waals surface area (Å²) in [4.78, 5) is 38.2. The van der Waals surface area contributed by atoms with Crippen LogP contribution < -0.4 is 9.64 Å². The van der Waals surface area contributed by atoms with Crippen LogP contribution in [-0.2, 0) is 22.6 Å². The summed E-state index contributed by atoms with van der Waals surface area (Å²) in [5.74, 6) is 2.49. The average Bonchev–Trinajstić information content (AvgIpc) is 3.29. The third-order valence-corrected chi connectivity index (χ3v) is 6.40. The van der Waals surface area contributed by atoms with Crippen LogP contribution in [0.15, 0.2) is 36.4 Å². The first-order chi connectivity index (χ1) is 15.9. The number of anilines is 1. The molecule has 1 aromatic carbocycles. The summed E-state index contributed by atoms with van der Waals surface area (Å²) < 4.78 is 5.93. The first-order valence-electron chi connectivity index (χ1n) is 11.7. The first-order valence-corrected chi connectivity index (χ1v) is 11.7. The van der Waals surface area contributed by atoms with Crippen LogP contribution in [-0.4, -0.2) is 46.9 Å². The number of carbonyl (C=O) groups excluding carboxylic acids is 2. The minimum atomic E-state index is 0.0392. The van der Waals surface area contributed by atoms with Crippen LogP contribution in [0.4, 0.5) is 5.82 Å². The number of aryl methyl sites for hydroxylation is 2. The zero-order chi connectivity index (χ0) is 23.4. The summed E-state index contributed by atoms with van der Waals surface area (Å²) in [5, 5.41) is 0. The molecule has 7 heteroatoms. The Balaban J connectivity index is 1.46. The number of ether oxygens (including phenoxy) is 1. The van der Waals surface area contributed by atoms with Crippen LogP contribution in [0.1, 0.15) is 48.3 Å². The van der Waals surface area contributed by atoms with E-state index < -0.39 is 0 Å². The molecule has 0 bridgehead atoms. The Morgan fingerprint density at radius 2 is 2.03 bits per heavy atom. The van der Waals surface area contributed by atoms with Gasteiger partial charge in [0.15, 0.2) is 0 Å². The Morgan fingerprint density at radius 3 is 2.79 bits per heavy atom. The molecule has 7 nitrogen and oxygen atoms in total. The molecule has 0 saturated carbocycles. The van der Waals surface area contributed by atoms with Gasteiger partial charge in [-0.25, -0.2) is 9.97 Å². The molecular formula is C26H32N4O3. The number of allylic oxidation sites excluding steroid dienone is 2. The molecule has 0 saturated heterocycles. The van der Waals surface area contributed by atoms with E-state index in [1.54, 1.807) is 16.8 Å². The van der Waals surface area contributed by atoms with Crippen molar-refractivity contribution in [2.24, 2.45) is 5.92 Å². The summed E-state index contributed by atoms with van der Waals surface area (Å²) in [6.45, 7) is 5.07. The van der Waals surface area contributed by atoms with E-state index in [-0.39, 0.29) is 11.8 Å². The molecule has 0 fully saturated rings. The van der Waals surface area contributed by atoms with E-state index in [4.69, 9.17) is 9.72 Å². The van der Waals surface area contributed by atoms with Crippen LogP contribution in [0.2, 0.25) is 0 Å². The first kappa shape index (κ1) is 23.0. The topological polar surface area (TPSA) is 75.6 Å². The molecule has 2 heterocycles. The Labute approximate surface area is 195 Å². The summed E-state index contributed by atoms with van der Waals surface area (Å²) in [6, 6.07) is 7.84. The van der Waals surface area contributed by atoms with E-state index in [2.05, 4.69) is 17.1 Å². The van der Waals surface area contributed by atoms with Gasteiger partial charge in [-0.3, -0.25) is 14.5 Å². The van der Waals surface area contributed by atoms with Crippen molar-refractivity contribution in [3.05, 3.63) is 59.1 Å². The minimum Gasteiger partial charge on any atom is -0.491 e. The van der Waals surface area contributed by atoms with E-state index in [1.165, 1.54) is 0 Å². The van der Waals surface area contributed by atoms with Gasteiger partial charge in [0.2, 0.25) is 11.8 Å². The van der Waals surface area contributed by atoms with Crippen molar-refractivity contribution >= 4 is 17.6 Å². The molecular weight excluding hydrogens is 416 g/mol. The van der Waals surface area contributed by atoms with E-state index >= 15 is 0 Å². The van der Waals surface area contributed by atoms with E-state index in [0.717, 1.165) is 35.4 Å². The number of hydrogen-bond acceptors (Lipinski definition) is 5. The molecule has 0 spiro atoms. The zero-order valence-corrected chi connectivity index (χ0v) is 19.7. The molecule has 2 amide bonds. The van der Waals surface area contributed by atoms with Gasteiger partial charge >= 0.3 is 0 Å². The Hall–Kier alpha value is -3.22. The van der Waals surface area contributed by atoms with Crippen molar-refractivity contribution in [3.8, 4) is 5.75 Å². The number of aromatic nitrogens is 2. The number of fused-ring (bicyclic) bond motifs is 1. The molecule has 0 unspecified atom stereocenters. The van der Waals surface area contributed by atoms with E-state index in [1.807, 2.05) is 38.1 Å². The second-order valence-corrected chi connectivity index (χ2v) is 8.91. The predicted molar refractivity (Wildman–Crippen MR) is 127 cm³/mol. The molecule has 1 atom stereocenters. The fourth-order valence-electron chi connectivity index (χ4n) is 4.45. The van der Waals surface area contributed by atoms with Gasteiger partial charge in [-0.1, -0.05) is 30.4 Å². The molecule has 4 rings (SSSR count). The summed E-state index contributed by atoms with van der Waals surface area (Å²) in [7, 11) is 1.79. The third-order valence-electron chi connectivity index (χ3n) is 6.40. The van der Waals surface area contributed by atoms with Gasteiger partial charge in [0, 0.05) is 31.1 Å². The largest absolute Gasteiger partial charge is 0.491 e. The monoisotopic (exact) mass is 448 g/mol. The number of amides is 2. The molecule has 0 radical (unpaired) electrons. The number of hydrogen-bond donors (Lipinski definition) is 0. The number of rotatable bonds is 8. The molecule has 33 heavy (non-hydrogen) atoms. The number of carbonyl (C=O) groups is 2. The highest BCUT2D eigenvalue weighted by atomic mass is 16.5. The SMILES string of the molecule is Cc1ccccc1OCCN1C(=O)CCc2c(C)nc(CN(C)C(=O)C[C@H]3C=CCC3)nc21. The Kier molecular flexibility index (Phi) is 7.06. The lowest BCUT2D eigenvalue weighted by Gasteiger charge is -2.30. The maximum absolute atomic E-state index is 12.8.